The van der Waals surface area contributed by atoms with Crippen molar-refractivity contribution >= 4 is 5.97 Å². The van der Waals surface area contributed by atoms with Crippen molar-refractivity contribution in [2.75, 3.05) is 0 Å². The molecule has 1 saturated heterocycles. The number of unbranched alkanes of at least 4 members (excludes halogenated alkanes) is 11. The number of ether oxygens (including phenoxy) is 1. The minimum Gasteiger partial charge on any atom is -0.461 e. The fourth-order valence-corrected chi connectivity index (χ4v) is 4.28. The smallest absolute Gasteiger partial charge is 0.313 e. The Labute approximate surface area is 192 Å². The van der Waals surface area contributed by atoms with Crippen molar-refractivity contribution in [3.05, 3.63) is 24.3 Å². The van der Waals surface area contributed by atoms with Gasteiger partial charge in [0.05, 0.1) is 12.0 Å². The van der Waals surface area contributed by atoms with Crippen LogP contribution in [-0.2, 0) is 9.53 Å². The van der Waals surface area contributed by atoms with Crippen LogP contribution in [-0.4, -0.2) is 23.3 Å². The van der Waals surface area contributed by atoms with E-state index in [1.54, 1.807) is 0 Å². The Kier molecular flexibility index (Phi) is 17.7. The lowest BCUT2D eigenvalue weighted by atomic mass is 9.86. The summed E-state index contributed by atoms with van der Waals surface area (Å²) >= 11 is 0. The molecule has 31 heavy (non-hydrogen) atoms. The van der Waals surface area contributed by atoms with Gasteiger partial charge < -0.3 is 9.84 Å². The lowest BCUT2D eigenvalue weighted by molar-refractivity contribution is -0.188. The van der Waals surface area contributed by atoms with E-state index in [1.807, 2.05) is 0 Å². The van der Waals surface area contributed by atoms with Crippen LogP contribution in [0, 0.1) is 5.92 Å². The second kappa shape index (κ2) is 19.6. The minimum absolute atomic E-state index is 0.0381. The van der Waals surface area contributed by atoms with Gasteiger partial charge in [0, 0.05) is 6.42 Å². The van der Waals surface area contributed by atoms with E-state index < -0.39 is 0 Å². The largest absolute Gasteiger partial charge is 0.461 e. The third kappa shape index (κ3) is 14.6. The van der Waals surface area contributed by atoms with E-state index in [9.17, 15) is 9.90 Å². The van der Waals surface area contributed by atoms with Crippen LogP contribution in [0.4, 0.5) is 0 Å². The molecule has 0 amide bonds. The summed E-state index contributed by atoms with van der Waals surface area (Å²) in [4.78, 5) is 11.7. The normalized spacial score (nSPS) is 19.8. The molecule has 3 atom stereocenters. The Balaban J connectivity index is 1.92. The number of aliphatic hydroxyl groups is 1. The molecule has 1 aliphatic heterocycles. The zero-order chi connectivity index (χ0) is 22.6. The second-order valence-corrected chi connectivity index (χ2v) is 9.34. The number of hydrogen-bond donors (Lipinski definition) is 1. The summed E-state index contributed by atoms with van der Waals surface area (Å²) in [5, 5.41) is 10.3. The van der Waals surface area contributed by atoms with Crippen molar-refractivity contribution in [2.45, 2.75) is 142 Å². The highest BCUT2D eigenvalue weighted by Crippen LogP contribution is 2.31. The maximum absolute atomic E-state index is 11.7. The third-order valence-corrected chi connectivity index (χ3v) is 6.38. The lowest BCUT2D eigenvalue weighted by Gasteiger charge is -2.36. The Hall–Kier alpha value is -1.09. The molecule has 0 saturated carbocycles. The Morgan fingerprint density at radius 2 is 1.39 bits per heavy atom. The summed E-state index contributed by atoms with van der Waals surface area (Å²) in [6.07, 6.45) is 29.5. The zero-order valence-corrected chi connectivity index (χ0v) is 20.5. The summed E-state index contributed by atoms with van der Waals surface area (Å²) in [5.74, 6) is -0.0122. The lowest BCUT2D eigenvalue weighted by Crippen LogP contribution is -2.46. The van der Waals surface area contributed by atoms with Crippen LogP contribution in [0.25, 0.3) is 0 Å². The molecule has 1 aliphatic rings. The number of allylic oxidation sites excluding steroid dienone is 4. The number of aliphatic hydroxyl groups excluding tert-OH is 1. The average molecular weight is 435 g/mol. The van der Waals surface area contributed by atoms with Crippen molar-refractivity contribution in [3.8, 4) is 0 Å². The first kappa shape index (κ1) is 27.9. The molecule has 0 radical (unpaired) electrons. The maximum atomic E-state index is 11.7. The van der Waals surface area contributed by atoms with Crippen LogP contribution < -0.4 is 0 Å². The molecule has 0 aliphatic carbocycles. The number of esters is 1. The molecule has 3 heteroatoms. The van der Waals surface area contributed by atoms with Gasteiger partial charge in [-0.2, -0.15) is 0 Å². The number of rotatable bonds is 21. The van der Waals surface area contributed by atoms with Gasteiger partial charge in [0.15, 0.2) is 0 Å². The van der Waals surface area contributed by atoms with Crippen molar-refractivity contribution in [3.63, 3.8) is 0 Å². The van der Waals surface area contributed by atoms with Gasteiger partial charge in [0.1, 0.15) is 6.10 Å². The van der Waals surface area contributed by atoms with Crippen molar-refractivity contribution in [1.82, 2.24) is 0 Å². The molecule has 0 spiro atoms. The van der Waals surface area contributed by atoms with Crippen LogP contribution in [0.1, 0.15) is 129 Å². The molecule has 1 heterocycles. The van der Waals surface area contributed by atoms with E-state index in [0.717, 1.165) is 32.1 Å². The molecule has 0 bridgehead atoms. The van der Waals surface area contributed by atoms with E-state index in [2.05, 4.69) is 38.2 Å². The minimum atomic E-state index is -0.325. The summed E-state index contributed by atoms with van der Waals surface area (Å²) in [6, 6.07) is 0. The van der Waals surface area contributed by atoms with Crippen molar-refractivity contribution in [1.29, 1.82) is 0 Å². The quantitative estimate of drug-likeness (QED) is 0.113. The van der Waals surface area contributed by atoms with Crippen LogP contribution in [0.15, 0.2) is 24.3 Å². The maximum Gasteiger partial charge on any atom is 0.313 e. The van der Waals surface area contributed by atoms with E-state index in [4.69, 9.17) is 4.74 Å². The predicted octanol–water partition coefficient (Wildman–Crippen LogP) is 8.06. The number of cyclic esters (lactones) is 1. The standard InChI is InChI=1S/C28H50O3/c1-3-5-7-9-10-11-12-13-14-15-16-17-18-19-20-22-25(29)24-27-26(28(30)31-27)23-21-8-6-4-2/h10-11,13-14,25-27,29H,3-9,12,15-24H2,1-2H3/t25-,26-,27-/m0/s1. The molecule has 3 nitrogen and oxygen atoms in total. The highest BCUT2D eigenvalue weighted by Gasteiger charge is 2.42. The van der Waals surface area contributed by atoms with Gasteiger partial charge in [0.2, 0.25) is 0 Å². The Bertz CT molecular complexity index is 483. The summed E-state index contributed by atoms with van der Waals surface area (Å²) in [5.41, 5.74) is 0. The summed E-state index contributed by atoms with van der Waals surface area (Å²) in [7, 11) is 0. The second-order valence-electron chi connectivity index (χ2n) is 9.34. The molecule has 1 N–H and O–H groups in total. The van der Waals surface area contributed by atoms with Gasteiger partial charge >= 0.3 is 5.97 Å². The molecule has 1 fully saturated rings. The van der Waals surface area contributed by atoms with Crippen LogP contribution in [0.3, 0.4) is 0 Å². The highest BCUT2D eigenvalue weighted by molar-refractivity contribution is 5.78. The fraction of sp³-hybridized carbons (Fsp3) is 0.821. The van der Waals surface area contributed by atoms with Crippen molar-refractivity contribution < 1.29 is 14.6 Å². The SMILES string of the molecule is CCCCCC=CCC=CCCCCCCC[C@H](O)C[C@@H]1OC(=O)[C@H]1CCCCCC. The highest BCUT2D eigenvalue weighted by atomic mass is 16.6. The van der Waals surface area contributed by atoms with Crippen LogP contribution in [0.2, 0.25) is 0 Å². The summed E-state index contributed by atoms with van der Waals surface area (Å²) in [6.45, 7) is 4.44. The van der Waals surface area contributed by atoms with Crippen LogP contribution in [0.5, 0.6) is 0 Å². The van der Waals surface area contributed by atoms with E-state index in [-0.39, 0.29) is 24.1 Å². The predicted molar refractivity (Wildman–Crippen MR) is 132 cm³/mol. The molecule has 1 rings (SSSR count). The van der Waals surface area contributed by atoms with Crippen molar-refractivity contribution in [2.24, 2.45) is 5.92 Å². The first-order chi connectivity index (χ1) is 15.2. The molecular formula is C28H50O3. The first-order valence-electron chi connectivity index (χ1n) is 13.4. The van der Waals surface area contributed by atoms with E-state index in [1.165, 1.54) is 77.0 Å². The monoisotopic (exact) mass is 434 g/mol. The van der Waals surface area contributed by atoms with Gasteiger partial charge in [-0.15, -0.1) is 0 Å². The van der Waals surface area contributed by atoms with E-state index in [0.29, 0.717) is 6.42 Å². The molecule has 0 aromatic heterocycles. The summed E-state index contributed by atoms with van der Waals surface area (Å²) < 4.78 is 5.30. The first-order valence-corrected chi connectivity index (χ1v) is 13.4. The van der Waals surface area contributed by atoms with Gasteiger partial charge in [-0.3, -0.25) is 4.79 Å². The molecular weight excluding hydrogens is 384 g/mol. The molecule has 180 valence electrons. The van der Waals surface area contributed by atoms with Gasteiger partial charge in [-0.05, 0) is 44.9 Å². The van der Waals surface area contributed by atoms with E-state index >= 15 is 0 Å². The number of hydrogen-bond acceptors (Lipinski definition) is 3. The third-order valence-electron chi connectivity index (χ3n) is 6.38. The van der Waals surface area contributed by atoms with Crippen LogP contribution >= 0.6 is 0 Å². The number of carbonyl (C=O) groups is 1. The average Bonchev–Trinajstić information content (AvgIpc) is 2.76. The van der Waals surface area contributed by atoms with Gasteiger partial charge in [-0.25, -0.2) is 0 Å². The number of carbonyl (C=O) groups excluding carboxylic acids is 1. The molecule has 0 aromatic carbocycles. The van der Waals surface area contributed by atoms with Gasteiger partial charge in [0.25, 0.3) is 0 Å². The zero-order valence-electron chi connectivity index (χ0n) is 20.5. The Morgan fingerprint density at radius 3 is 2.06 bits per heavy atom. The van der Waals surface area contributed by atoms with Gasteiger partial charge in [-0.1, -0.05) is 102 Å². The Morgan fingerprint density at radius 1 is 0.806 bits per heavy atom. The molecule has 0 unspecified atom stereocenters. The topological polar surface area (TPSA) is 46.5 Å². The molecule has 0 aromatic rings. The fourth-order valence-electron chi connectivity index (χ4n) is 4.28.